The first-order valence-corrected chi connectivity index (χ1v) is 12.2. The SMILES string of the molecule is Cc1sc2c(c1C)C(c1ccc(Cl)cc1)=NC(CNC(=O)CCn1ccnc1)c1nnc(C)n1-2. The fourth-order valence-electron chi connectivity index (χ4n) is 4.08. The monoisotopic (exact) mass is 493 g/mol. The van der Waals surface area contributed by atoms with Gasteiger partial charge in [0, 0.05) is 52.9 Å². The van der Waals surface area contributed by atoms with Crippen LogP contribution in [-0.4, -0.2) is 42.5 Å². The van der Waals surface area contributed by atoms with Crippen molar-refractivity contribution in [3.8, 4) is 5.00 Å². The second-order valence-corrected chi connectivity index (χ2v) is 9.90. The van der Waals surface area contributed by atoms with Gasteiger partial charge in [0.25, 0.3) is 0 Å². The van der Waals surface area contributed by atoms with Gasteiger partial charge in [-0.15, -0.1) is 21.5 Å². The van der Waals surface area contributed by atoms with Gasteiger partial charge in [-0.2, -0.15) is 0 Å². The lowest BCUT2D eigenvalue weighted by Gasteiger charge is -2.14. The fourth-order valence-corrected chi connectivity index (χ4v) is 5.42. The van der Waals surface area contributed by atoms with E-state index >= 15 is 0 Å². The minimum Gasteiger partial charge on any atom is -0.353 e. The minimum atomic E-state index is -0.386. The van der Waals surface area contributed by atoms with Gasteiger partial charge < -0.3 is 9.88 Å². The Kier molecular flexibility index (Phi) is 6.05. The highest BCUT2D eigenvalue weighted by Crippen LogP contribution is 2.38. The van der Waals surface area contributed by atoms with Gasteiger partial charge in [-0.25, -0.2) is 4.98 Å². The van der Waals surface area contributed by atoms with Crippen LogP contribution in [0.2, 0.25) is 5.02 Å². The van der Waals surface area contributed by atoms with Crippen molar-refractivity contribution in [3.63, 3.8) is 0 Å². The Morgan fingerprint density at radius 1 is 1.18 bits per heavy atom. The van der Waals surface area contributed by atoms with E-state index in [9.17, 15) is 4.79 Å². The third kappa shape index (κ3) is 4.17. The number of carbonyl (C=O) groups is 1. The Morgan fingerprint density at radius 2 is 1.97 bits per heavy atom. The van der Waals surface area contributed by atoms with Gasteiger partial charge in [0.05, 0.1) is 12.0 Å². The number of halogens is 1. The van der Waals surface area contributed by atoms with Crippen LogP contribution in [0.15, 0.2) is 48.0 Å². The highest BCUT2D eigenvalue weighted by Gasteiger charge is 2.31. The number of amides is 1. The molecule has 1 aromatic carbocycles. The Balaban J connectivity index is 1.51. The van der Waals surface area contributed by atoms with Crippen molar-refractivity contribution in [3.05, 3.63) is 81.2 Å². The summed E-state index contributed by atoms with van der Waals surface area (Å²) < 4.78 is 3.96. The molecule has 4 aromatic rings. The van der Waals surface area contributed by atoms with Crippen LogP contribution < -0.4 is 5.32 Å². The van der Waals surface area contributed by atoms with Gasteiger partial charge in [0.2, 0.25) is 5.91 Å². The van der Waals surface area contributed by atoms with Crippen LogP contribution in [-0.2, 0) is 11.3 Å². The molecule has 4 heterocycles. The molecule has 1 atom stereocenters. The molecule has 1 amide bonds. The zero-order valence-electron chi connectivity index (χ0n) is 19.1. The molecule has 1 unspecified atom stereocenters. The lowest BCUT2D eigenvalue weighted by Crippen LogP contribution is -2.29. The fraction of sp³-hybridized carbons (Fsp3) is 0.292. The maximum atomic E-state index is 12.6. The number of thiophene rings is 1. The van der Waals surface area contributed by atoms with E-state index in [1.165, 1.54) is 10.4 Å². The number of aliphatic imine (C=N–C) groups is 1. The molecule has 5 rings (SSSR count). The van der Waals surface area contributed by atoms with Crippen LogP contribution in [0.4, 0.5) is 0 Å². The molecule has 174 valence electrons. The molecular formula is C24H24ClN7OS. The first-order chi connectivity index (χ1) is 16.4. The molecule has 34 heavy (non-hydrogen) atoms. The molecule has 0 saturated carbocycles. The van der Waals surface area contributed by atoms with E-state index < -0.39 is 0 Å². The van der Waals surface area contributed by atoms with Crippen LogP contribution in [0.5, 0.6) is 0 Å². The van der Waals surface area contributed by atoms with E-state index in [0.29, 0.717) is 24.5 Å². The number of benzene rings is 1. The topological polar surface area (TPSA) is 90.0 Å². The van der Waals surface area contributed by atoms with Crippen molar-refractivity contribution in [2.24, 2.45) is 4.99 Å². The number of nitrogens with one attached hydrogen (secondary N) is 1. The molecule has 0 fully saturated rings. The summed E-state index contributed by atoms with van der Waals surface area (Å²) in [5, 5.41) is 13.6. The normalized spacial score (nSPS) is 14.8. The summed E-state index contributed by atoms with van der Waals surface area (Å²) in [7, 11) is 0. The highest BCUT2D eigenvalue weighted by atomic mass is 35.5. The zero-order valence-corrected chi connectivity index (χ0v) is 20.7. The Bertz CT molecular complexity index is 1370. The van der Waals surface area contributed by atoms with Crippen molar-refractivity contribution in [1.82, 2.24) is 29.6 Å². The number of imidazole rings is 1. The van der Waals surface area contributed by atoms with E-state index in [4.69, 9.17) is 16.6 Å². The number of nitrogens with zero attached hydrogens (tertiary/aromatic N) is 6. The predicted octanol–water partition coefficient (Wildman–Crippen LogP) is 4.20. The molecule has 0 aliphatic carbocycles. The molecule has 0 saturated heterocycles. The number of aromatic nitrogens is 5. The predicted molar refractivity (Wildman–Crippen MR) is 133 cm³/mol. The van der Waals surface area contributed by atoms with E-state index in [2.05, 4.69) is 38.9 Å². The Hall–Kier alpha value is -3.30. The largest absolute Gasteiger partial charge is 0.353 e. The average molecular weight is 494 g/mol. The number of hydrogen-bond donors (Lipinski definition) is 1. The molecular weight excluding hydrogens is 470 g/mol. The average Bonchev–Trinajstić information content (AvgIpc) is 3.52. The lowest BCUT2D eigenvalue weighted by atomic mass is 10.00. The van der Waals surface area contributed by atoms with Crippen molar-refractivity contribution >= 4 is 34.6 Å². The summed E-state index contributed by atoms with van der Waals surface area (Å²) in [6.45, 7) is 7.07. The van der Waals surface area contributed by atoms with Gasteiger partial charge in [-0.05, 0) is 38.5 Å². The Labute approximate surface area is 206 Å². The standard InChI is InChI=1S/C24H24ClN7OS/c1-14-15(2)34-24-21(14)22(17-4-6-18(25)7-5-17)28-19(23-30-29-16(3)32(23)24)12-27-20(33)8-10-31-11-9-26-13-31/h4-7,9,11,13,19H,8,10,12H2,1-3H3,(H,27,33). The van der Waals surface area contributed by atoms with Crippen molar-refractivity contribution < 1.29 is 4.79 Å². The van der Waals surface area contributed by atoms with Gasteiger partial charge in [-0.3, -0.25) is 14.4 Å². The van der Waals surface area contributed by atoms with Gasteiger partial charge in [-0.1, -0.05) is 23.7 Å². The molecule has 0 spiro atoms. The van der Waals surface area contributed by atoms with Crippen molar-refractivity contribution in [1.29, 1.82) is 0 Å². The quantitative estimate of drug-likeness (QED) is 0.436. The number of rotatable bonds is 6. The number of aryl methyl sites for hydroxylation is 3. The smallest absolute Gasteiger partial charge is 0.221 e. The lowest BCUT2D eigenvalue weighted by molar-refractivity contribution is -0.121. The van der Waals surface area contributed by atoms with E-state index in [-0.39, 0.29) is 11.9 Å². The third-order valence-electron chi connectivity index (χ3n) is 6.01. The Morgan fingerprint density at radius 3 is 2.71 bits per heavy atom. The van der Waals surface area contributed by atoms with Crippen LogP contribution >= 0.6 is 22.9 Å². The molecule has 3 aromatic heterocycles. The number of carbonyl (C=O) groups excluding carboxylic acids is 1. The minimum absolute atomic E-state index is 0.0502. The molecule has 0 radical (unpaired) electrons. The van der Waals surface area contributed by atoms with Crippen molar-refractivity contribution in [2.45, 2.75) is 39.8 Å². The van der Waals surface area contributed by atoms with Gasteiger partial charge >= 0.3 is 0 Å². The van der Waals surface area contributed by atoms with Crippen LogP contribution in [0.25, 0.3) is 5.00 Å². The second kappa shape index (κ2) is 9.15. The highest BCUT2D eigenvalue weighted by molar-refractivity contribution is 7.15. The summed E-state index contributed by atoms with van der Waals surface area (Å²) in [5.74, 6) is 1.46. The molecule has 1 aliphatic rings. The van der Waals surface area contributed by atoms with E-state index in [1.807, 2.05) is 42.0 Å². The second-order valence-electron chi connectivity index (χ2n) is 8.26. The number of hydrogen-bond acceptors (Lipinski definition) is 6. The first-order valence-electron chi connectivity index (χ1n) is 11.0. The van der Waals surface area contributed by atoms with Gasteiger partial charge in [0.1, 0.15) is 16.9 Å². The molecule has 8 nitrogen and oxygen atoms in total. The maximum Gasteiger partial charge on any atom is 0.221 e. The zero-order chi connectivity index (χ0) is 23.8. The third-order valence-corrected chi connectivity index (χ3v) is 7.45. The summed E-state index contributed by atoms with van der Waals surface area (Å²) in [6, 6.07) is 7.32. The maximum absolute atomic E-state index is 12.6. The molecule has 10 heteroatoms. The van der Waals surface area contributed by atoms with Crippen LogP contribution in [0, 0.1) is 20.8 Å². The van der Waals surface area contributed by atoms with Crippen molar-refractivity contribution in [2.75, 3.05) is 6.54 Å². The van der Waals surface area contributed by atoms with Gasteiger partial charge in [0.15, 0.2) is 5.82 Å². The van der Waals surface area contributed by atoms with Crippen LogP contribution in [0.3, 0.4) is 0 Å². The summed E-state index contributed by atoms with van der Waals surface area (Å²) in [5.41, 5.74) is 4.09. The summed E-state index contributed by atoms with van der Waals surface area (Å²) in [4.78, 5) is 23.0. The molecule has 0 bridgehead atoms. The summed E-state index contributed by atoms with van der Waals surface area (Å²) in [6.07, 6.45) is 5.60. The first kappa shape index (κ1) is 22.5. The summed E-state index contributed by atoms with van der Waals surface area (Å²) >= 11 is 7.87. The van der Waals surface area contributed by atoms with Crippen LogP contribution in [0.1, 0.15) is 45.7 Å². The molecule has 1 N–H and O–H groups in total. The van der Waals surface area contributed by atoms with E-state index in [1.54, 1.807) is 23.9 Å². The number of fused-ring (bicyclic) bond motifs is 3. The van der Waals surface area contributed by atoms with E-state index in [0.717, 1.165) is 33.5 Å². The molecule has 1 aliphatic heterocycles.